The first-order valence-corrected chi connectivity index (χ1v) is 9.64. The second kappa shape index (κ2) is 7.77. The second-order valence-corrected chi connectivity index (χ2v) is 7.81. The molecule has 0 heterocycles. The molecule has 144 valence electrons. The van der Waals surface area contributed by atoms with E-state index < -0.39 is 32.5 Å². The molecule has 0 aliphatic heterocycles. The quantitative estimate of drug-likeness (QED) is 0.686. The van der Waals surface area contributed by atoms with Crippen molar-refractivity contribution in [3.8, 4) is 0 Å². The number of sulfonamides is 1. The minimum atomic E-state index is -4.28. The Hall–Kier alpha value is -3.26. The van der Waals surface area contributed by atoms with E-state index in [4.69, 9.17) is 5.73 Å². The molecule has 0 bridgehead atoms. The van der Waals surface area contributed by atoms with Crippen molar-refractivity contribution in [3.05, 3.63) is 95.6 Å². The summed E-state index contributed by atoms with van der Waals surface area (Å²) >= 11 is 0. The smallest absolute Gasteiger partial charge is 0.267 e. The van der Waals surface area contributed by atoms with Gasteiger partial charge in [-0.2, -0.15) is 0 Å². The van der Waals surface area contributed by atoms with Crippen molar-refractivity contribution in [3.63, 3.8) is 0 Å². The van der Waals surface area contributed by atoms with Crippen LogP contribution in [-0.2, 0) is 16.6 Å². The van der Waals surface area contributed by atoms with Crippen molar-refractivity contribution in [2.24, 2.45) is 5.73 Å². The van der Waals surface area contributed by atoms with E-state index in [1.807, 2.05) is 0 Å². The third-order valence-electron chi connectivity index (χ3n) is 4.08. The summed E-state index contributed by atoms with van der Waals surface area (Å²) < 4.78 is 54.7. The van der Waals surface area contributed by atoms with Gasteiger partial charge in [-0.05, 0) is 54.1 Å². The van der Waals surface area contributed by atoms with Crippen LogP contribution in [0.25, 0.3) is 0 Å². The Morgan fingerprint density at radius 3 is 2.07 bits per heavy atom. The molecule has 0 unspecified atom stereocenters. The van der Waals surface area contributed by atoms with Crippen LogP contribution in [0.5, 0.6) is 0 Å². The molecule has 3 rings (SSSR count). The predicted octanol–water partition coefficient (Wildman–Crippen LogP) is 3.46. The lowest BCUT2D eigenvalue weighted by atomic mass is 10.2. The summed E-state index contributed by atoms with van der Waals surface area (Å²) in [6.45, 7) is -0.160. The molecule has 0 saturated carbocycles. The van der Waals surface area contributed by atoms with Crippen LogP contribution in [0.1, 0.15) is 15.9 Å². The number of primary amides is 1. The number of carbonyl (C=O) groups is 1. The number of hydrogen-bond donors (Lipinski definition) is 1. The largest absolute Gasteiger partial charge is 0.366 e. The zero-order chi connectivity index (χ0) is 20.3. The fraction of sp³-hybridized carbons (Fsp3) is 0.0500. The van der Waals surface area contributed by atoms with Crippen LogP contribution in [0.15, 0.2) is 77.7 Å². The molecule has 0 radical (unpaired) electrons. The van der Waals surface area contributed by atoms with Gasteiger partial charge in [0.15, 0.2) is 0 Å². The molecule has 5 nitrogen and oxygen atoms in total. The van der Waals surface area contributed by atoms with Gasteiger partial charge in [0.25, 0.3) is 10.0 Å². The van der Waals surface area contributed by atoms with E-state index in [9.17, 15) is 22.0 Å². The first-order valence-electron chi connectivity index (χ1n) is 8.20. The van der Waals surface area contributed by atoms with E-state index in [0.29, 0.717) is 5.56 Å². The molecule has 2 N–H and O–H groups in total. The molecule has 0 aliphatic carbocycles. The highest BCUT2D eigenvalue weighted by Gasteiger charge is 2.28. The summed E-state index contributed by atoms with van der Waals surface area (Å²) in [4.78, 5) is 10.8. The van der Waals surface area contributed by atoms with Gasteiger partial charge < -0.3 is 5.73 Å². The van der Waals surface area contributed by atoms with Crippen molar-refractivity contribution in [2.45, 2.75) is 11.4 Å². The molecule has 0 fully saturated rings. The number of nitrogens with two attached hydrogens (primary N) is 1. The minimum absolute atomic E-state index is 0.160. The summed E-state index contributed by atoms with van der Waals surface area (Å²) in [6, 6.07) is 15.9. The van der Waals surface area contributed by atoms with E-state index >= 15 is 0 Å². The molecule has 8 heteroatoms. The lowest BCUT2D eigenvalue weighted by Gasteiger charge is -2.25. The lowest BCUT2D eigenvalue weighted by Crippen LogP contribution is -2.31. The lowest BCUT2D eigenvalue weighted by molar-refractivity contribution is 0.100. The van der Waals surface area contributed by atoms with Crippen LogP contribution in [0, 0.1) is 11.6 Å². The van der Waals surface area contributed by atoms with Crippen molar-refractivity contribution >= 4 is 21.6 Å². The number of nitrogens with zero attached hydrogens (tertiary/aromatic N) is 1. The van der Waals surface area contributed by atoms with Crippen molar-refractivity contribution in [1.82, 2.24) is 0 Å². The number of rotatable bonds is 6. The fourth-order valence-electron chi connectivity index (χ4n) is 2.64. The molecule has 0 aliphatic rings. The molecule has 3 aromatic carbocycles. The number of benzene rings is 3. The van der Waals surface area contributed by atoms with Crippen LogP contribution < -0.4 is 10.0 Å². The monoisotopic (exact) mass is 402 g/mol. The molecule has 0 atom stereocenters. The van der Waals surface area contributed by atoms with E-state index in [0.717, 1.165) is 10.4 Å². The SMILES string of the molecule is NC(=O)c1ccc(N(Cc2ccc(F)cc2)S(=O)(=O)c2ccccc2F)cc1. The van der Waals surface area contributed by atoms with Crippen LogP contribution in [0.2, 0.25) is 0 Å². The molecule has 3 aromatic rings. The van der Waals surface area contributed by atoms with Gasteiger partial charge in [-0.25, -0.2) is 17.2 Å². The van der Waals surface area contributed by atoms with E-state index in [-0.39, 0.29) is 17.8 Å². The average molecular weight is 402 g/mol. The minimum Gasteiger partial charge on any atom is -0.366 e. The van der Waals surface area contributed by atoms with Gasteiger partial charge in [-0.15, -0.1) is 0 Å². The number of amides is 1. The van der Waals surface area contributed by atoms with Gasteiger partial charge >= 0.3 is 0 Å². The highest BCUT2D eigenvalue weighted by Crippen LogP contribution is 2.27. The number of halogens is 2. The Labute approximate surface area is 161 Å². The van der Waals surface area contributed by atoms with Crippen molar-refractivity contribution < 1.29 is 22.0 Å². The van der Waals surface area contributed by atoms with Crippen molar-refractivity contribution in [1.29, 1.82) is 0 Å². The van der Waals surface area contributed by atoms with Crippen LogP contribution in [0.4, 0.5) is 14.5 Å². The number of hydrogen-bond acceptors (Lipinski definition) is 3. The Morgan fingerprint density at radius 2 is 1.50 bits per heavy atom. The molecule has 1 amide bonds. The number of carbonyl (C=O) groups excluding carboxylic acids is 1. The van der Waals surface area contributed by atoms with Crippen LogP contribution in [0.3, 0.4) is 0 Å². The molecule has 0 aromatic heterocycles. The normalized spacial score (nSPS) is 11.2. The topological polar surface area (TPSA) is 80.5 Å². The maximum Gasteiger partial charge on any atom is 0.267 e. The summed E-state index contributed by atoms with van der Waals surface area (Å²) in [7, 11) is -4.28. The Balaban J connectivity index is 2.09. The van der Waals surface area contributed by atoms with Crippen LogP contribution >= 0.6 is 0 Å². The zero-order valence-electron chi connectivity index (χ0n) is 14.5. The van der Waals surface area contributed by atoms with Gasteiger partial charge in [0.2, 0.25) is 5.91 Å². The van der Waals surface area contributed by atoms with E-state index in [1.54, 1.807) is 0 Å². The van der Waals surface area contributed by atoms with Crippen molar-refractivity contribution in [2.75, 3.05) is 4.31 Å². The van der Waals surface area contributed by atoms with E-state index in [2.05, 4.69) is 0 Å². The van der Waals surface area contributed by atoms with Gasteiger partial charge in [-0.1, -0.05) is 24.3 Å². The Bertz CT molecular complexity index is 1100. The second-order valence-electron chi connectivity index (χ2n) is 5.98. The van der Waals surface area contributed by atoms with Gasteiger partial charge in [0, 0.05) is 5.56 Å². The molecule has 0 spiro atoms. The third kappa shape index (κ3) is 4.01. The highest BCUT2D eigenvalue weighted by molar-refractivity contribution is 7.92. The summed E-state index contributed by atoms with van der Waals surface area (Å²) in [5.41, 5.74) is 6.13. The fourth-order valence-corrected chi connectivity index (χ4v) is 4.16. The third-order valence-corrected chi connectivity index (χ3v) is 5.89. The predicted molar refractivity (Wildman–Crippen MR) is 101 cm³/mol. The maximum absolute atomic E-state index is 14.2. The van der Waals surface area contributed by atoms with Crippen LogP contribution in [-0.4, -0.2) is 14.3 Å². The molecule has 28 heavy (non-hydrogen) atoms. The summed E-state index contributed by atoms with van der Waals surface area (Å²) in [6.07, 6.45) is 0. The maximum atomic E-state index is 14.2. The molecule has 0 saturated heterocycles. The highest BCUT2D eigenvalue weighted by atomic mass is 32.2. The molecular weight excluding hydrogens is 386 g/mol. The van der Waals surface area contributed by atoms with Gasteiger partial charge in [0.1, 0.15) is 16.5 Å². The summed E-state index contributed by atoms with van der Waals surface area (Å²) in [5, 5.41) is 0. The van der Waals surface area contributed by atoms with E-state index in [1.165, 1.54) is 66.7 Å². The number of anilines is 1. The Kier molecular flexibility index (Phi) is 5.41. The first-order chi connectivity index (χ1) is 13.3. The van der Waals surface area contributed by atoms with Gasteiger partial charge in [-0.3, -0.25) is 9.10 Å². The standard InChI is InChI=1S/C20H16F2N2O3S/c21-16-9-5-14(6-10-16)13-24(17-11-7-15(8-12-17)20(23)25)28(26,27)19-4-2-1-3-18(19)22/h1-12H,13H2,(H2,23,25). The average Bonchev–Trinajstić information content (AvgIpc) is 2.67. The Morgan fingerprint density at radius 1 is 0.893 bits per heavy atom. The summed E-state index contributed by atoms with van der Waals surface area (Å²) in [5.74, 6) is -2.01. The zero-order valence-corrected chi connectivity index (χ0v) is 15.4. The first kappa shape index (κ1) is 19.5. The molecular formula is C20H16F2N2O3S. The van der Waals surface area contributed by atoms with Gasteiger partial charge in [0.05, 0.1) is 12.2 Å².